The van der Waals surface area contributed by atoms with E-state index in [1.165, 1.54) is 0 Å². The average molecular weight is 186 g/mol. The molecule has 0 amide bonds. The molecular formula is C13H14O. The second kappa shape index (κ2) is 5.26. The Balaban J connectivity index is 3.15. The van der Waals surface area contributed by atoms with Crippen molar-refractivity contribution in [1.29, 1.82) is 0 Å². The van der Waals surface area contributed by atoms with Gasteiger partial charge in [0.1, 0.15) is 6.10 Å². The largest absolute Gasteiger partial charge is 0.373 e. The first-order valence-corrected chi connectivity index (χ1v) is 4.50. The molecule has 14 heavy (non-hydrogen) atoms. The van der Waals surface area contributed by atoms with E-state index >= 15 is 0 Å². The van der Waals surface area contributed by atoms with Gasteiger partial charge >= 0.3 is 0 Å². The first-order chi connectivity index (χ1) is 6.83. The van der Waals surface area contributed by atoms with Crippen LogP contribution in [-0.2, 0) is 4.74 Å². The fraction of sp³-hybridized carbons (Fsp3) is 0.231. The number of hydrogen-bond donors (Lipinski definition) is 0. The van der Waals surface area contributed by atoms with Gasteiger partial charge in [0.05, 0.1) is 0 Å². The van der Waals surface area contributed by atoms with Gasteiger partial charge in [-0.3, -0.25) is 0 Å². The molecule has 0 aliphatic heterocycles. The van der Waals surface area contributed by atoms with E-state index in [4.69, 9.17) is 4.74 Å². The summed E-state index contributed by atoms with van der Waals surface area (Å²) in [7, 11) is 1.67. The Hall–Kier alpha value is -1.52. The summed E-state index contributed by atoms with van der Waals surface area (Å²) in [4.78, 5) is 0. The third kappa shape index (κ3) is 2.25. The fourth-order valence-electron chi connectivity index (χ4n) is 1.34. The molecule has 0 unspecified atom stereocenters. The molecule has 0 saturated heterocycles. The van der Waals surface area contributed by atoms with E-state index in [0.29, 0.717) is 0 Å². The predicted molar refractivity (Wildman–Crippen MR) is 58.9 cm³/mol. The minimum absolute atomic E-state index is 0.0768. The van der Waals surface area contributed by atoms with E-state index in [1.54, 1.807) is 13.2 Å². The molecule has 72 valence electrons. The molecule has 1 aromatic rings. The Kier molecular flexibility index (Phi) is 3.97. The number of hydrogen-bond acceptors (Lipinski definition) is 1. The quantitative estimate of drug-likeness (QED) is 0.521. The van der Waals surface area contributed by atoms with Crippen molar-refractivity contribution in [3.63, 3.8) is 0 Å². The highest BCUT2D eigenvalue weighted by molar-refractivity contribution is 5.43. The van der Waals surface area contributed by atoms with Crippen molar-refractivity contribution >= 4 is 0 Å². The van der Waals surface area contributed by atoms with Crippen LogP contribution in [0.2, 0.25) is 0 Å². The third-order valence-corrected chi connectivity index (χ3v) is 1.99. The van der Waals surface area contributed by atoms with Gasteiger partial charge in [0.2, 0.25) is 0 Å². The molecule has 0 bridgehead atoms. The Morgan fingerprint density at radius 1 is 1.43 bits per heavy atom. The Bertz CT molecular complexity index is 368. The maximum absolute atomic E-state index is 5.29. The van der Waals surface area contributed by atoms with E-state index in [0.717, 1.165) is 11.1 Å². The standard InChI is InChI=1S/C13H14O/c1-4-8-11-9-6-7-10-12(11)13(5-2)14-3/h5-7,9-10,13H,2H2,1,3H3/t13-/m0/s1. The summed E-state index contributed by atoms with van der Waals surface area (Å²) < 4.78 is 5.29. The van der Waals surface area contributed by atoms with E-state index < -0.39 is 0 Å². The molecule has 0 aliphatic carbocycles. The molecule has 0 aliphatic rings. The summed E-state index contributed by atoms with van der Waals surface area (Å²) >= 11 is 0. The maximum Gasteiger partial charge on any atom is 0.101 e. The molecule has 0 radical (unpaired) electrons. The fourth-order valence-corrected chi connectivity index (χ4v) is 1.34. The van der Waals surface area contributed by atoms with Crippen molar-refractivity contribution in [2.45, 2.75) is 13.0 Å². The van der Waals surface area contributed by atoms with Gasteiger partial charge in [-0.2, -0.15) is 0 Å². The summed E-state index contributed by atoms with van der Waals surface area (Å²) in [5.74, 6) is 5.94. The topological polar surface area (TPSA) is 9.23 Å². The minimum atomic E-state index is -0.0768. The van der Waals surface area contributed by atoms with E-state index in [2.05, 4.69) is 18.4 Å². The van der Waals surface area contributed by atoms with Crippen molar-refractivity contribution in [2.75, 3.05) is 7.11 Å². The lowest BCUT2D eigenvalue weighted by atomic mass is 10.0. The Morgan fingerprint density at radius 2 is 2.14 bits per heavy atom. The lowest BCUT2D eigenvalue weighted by Gasteiger charge is -2.12. The van der Waals surface area contributed by atoms with Crippen LogP contribution in [-0.4, -0.2) is 7.11 Å². The Morgan fingerprint density at radius 3 is 2.71 bits per heavy atom. The molecule has 0 N–H and O–H groups in total. The summed E-state index contributed by atoms with van der Waals surface area (Å²) in [6.45, 7) is 5.56. The van der Waals surface area contributed by atoms with Gasteiger partial charge < -0.3 is 4.74 Å². The van der Waals surface area contributed by atoms with Gasteiger partial charge in [-0.15, -0.1) is 12.5 Å². The van der Waals surface area contributed by atoms with Crippen molar-refractivity contribution in [2.24, 2.45) is 0 Å². The van der Waals surface area contributed by atoms with Crippen molar-refractivity contribution in [3.05, 3.63) is 48.0 Å². The molecule has 0 heterocycles. The molecule has 1 nitrogen and oxygen atoms in total. The summed E-state index contributed by atoms with van der Waals surface area (Å²) in [6.07, 6.45) is 1.70. The van der Waals surface area contributed by atoms with Crippen molar-refractivity contribution < 1.29 is 4.74 Å². The van der Waals surface area contributed by atoms with Crippen LogP contribution in [0.1, 0.15) is 24.2 Å². The van der Waals surface area contributed by atoms with Crippen LogP contribution in [0.5, 0.6) is 0 Å². The zero-order valence-corrected chi connectivity index (χ0v) is 8.58. The van der Waals surface area contributed by atoms with Crippen molar-refractivity contribution in [1.82, 2.24) is 0 Å². The van der Waals surface area contributed by atoms with E-state index in [9.17, 15) is 0 Å². The van der Waals surface area contributed by atoms with Crippen molar-refractivity contribution in [3.8, 4) is 11.8 Å². The first-order valence-electron chi connectivity index (χ1n) is 4.50. The molecule has 0 aromatic heterocycles. The molecule has 1 aromatic carbocycles. The molecule has 1 atom stereocenters. The maximum atomic E-state index is 5.29. The van der Waals surface area contributed by atoms with Crippen LogP contribution < -0.4 is 0 Å². The number of benzene rings is 1. The van der Waals surface area contributed by atoms with Crippen LogP contribution in [0.4, 0.5) is 0 Å². The highest BCUT2D eigenvalue weighted by Gasteiger charge is 2.08. The van der Waals surface area contributed by atoms with Crippen LogP contribution in [0, 0.1) is 11.8 Å². The zero-order valence-electron chi connectivity index (χ0n) is 8.58. The zero-order chi connectivity index (χ0) is 10.4. The van der Waals surface area contributed by atoms with E-state index in [-0.39, 0.29) is 6.10 Å². The second-order valence-corrected chi connectivity index (χ2v) is 2.85. The number of rotatable bonds is 3. The van der Waals surface area contributed by atoms with Crippen LogP contribution in [0.25, 0.3) is 0 Å². The van der Waals surface area contributed by atoms with Crippen LogP contribution in [0.3, 0.4) is 0 Å². The van der Waals surface area contributed by atoms with Gasteiger partial charge in [-0.1, -0.05) is 30.2 Å². The second-order valence-electron chi connectivity index (χ2n) is 2.85. The summed E-state index contributed by atoms with van der Waals surface area (Å²) in [5.41, 5.74) is 2.07. The molecule has 0 fully saturated rings. The summed E-state index contributed by atoms with van der Waals surface area (Å²) in [6, 6.07) is 7.95. The first kappa shape index (κ1) is 10.6. The normalized spacial score (nSPS) is 11.3. The van der Waals surface area contributed by atoms with Gasteiger partial charge in [-0.25, -0.2) is 0 Å². The smallest absolute Gasteiger partial charge is 0.101 e. The molecule has 1 rings (SSSR count). The number of ether oxygens (including phenoxy) is 1. The van der Waals surface area contributed by atoms with Gasteiger partial charge in [0.25, 0.3) is 0 Å². The minimum Gasteiger partial charge on any atom is -0.373 e. The van der Waals surface area contributed by atoms with Gasteiger partial charge in [0, 0.05) is 18.2 Å². The average Bonchev–Trinajstić information content (AvgIpc) is 2.23. The number of methoxy groups -OCH3 is 1. The summed E-state index contributed by atoms with van der Waals surface area (Å²) in [5, 5.41) is 0. The lowest BCUT2D eigenvalue weighted by molar-refractivity contribution is 0.143. The molecular weight excluding hydrogens is 172 g/mol. The van der Waals surface area contributed by atoms with Crippen LogP contribution in [0.15, 0.2) is 36.9 Å². The Labute approximate surface area is 85.4 Å². The highest BCUT2D eigenvalue weighted by atomic mass is 16.5. The third-order valence-electron chi connectivity index (χ3n) is 1.99. The molecule has 1 heteroatoms. The van der Waals surface area contributed by atoms with Gasteiger partial charge in [-0.05, 0) is 13.0 Å². The monoisotopic (exact) mass is 186 g/mol. The van der Waals surface area contributed by atoms with E-state index in [1.807, 2.05) is 31.2 Å². The van der Waals surface area contributed by atoms with Gasteiger partial charge in [0.15, 0.2) is 0 Å². The molecule has 0 spiro atoms. The highest BCUT2D eigenvalue weighted by Crippen LogP contribution is 2.20. The lowest BCUT2D eigenvalue weighted by Crippen LogP contribution is -1.99. The molecule has 0 saturated carbocycles. The SMILES string of the molecule is C=C[C@H](OC)c1ccccc1C#CC. The predicted octanol–water partition coefficient (Wildman–Crippen LogP) is 2.93. The van der Waals surface area contributed by atoms with Crippen LogP contribution >= 0.6 is 0 Å².